The predicted octanol–water partition coefficient (Wildman–Crippen LogP) is 0.734. The Morgan fingerprint density at radius 3 is 2.22 bits per heavy atom. The maximum Gasteiger partial charge on any atom is 0.150 e. The van der Waals surface area contributed by atoms with Gasteiger partial charge in [-0.05, 0) is 51.7 Å². The third-order valence-corrected chi connectivity index (χ3v) is 6.59. The van der Waals surface area contributed by atoms with Crippen LogP contribution in [0.4, 0.5) is 0 Å². The first-order valence-electron chi connectivity index (χ1n) is 7.32. The molecular weight excluding hydrogens is 248 g/mol. The molecule has 0 aromatic rings. The molecule has 0 aromatic carbocycles. The molecule has 104 valence electrons. The lowest BCUT2D eigenvalue weighted by molar-refractivity contribution is 0.163. The first-order valence-corrected chi connectivity index (χ1v) is 9.15. The average Bonchev–Trinajstić information content (AvgIpc) is 2.67. The molecule has 18 heavy (non-hydrogen) atoms. The zero-order valence-electron chi connectivity index (χ0n) is 11.1. The molecule has 3 fully saturated rings. The van der Waals surface area contributed by atoms with E-state index in [-0.39, 0.29) is 0 Å². The summed E-state index contributed by atoms with van der Waals surface area (Å²) in [4.78, 5) is 5.23. The Bertz CT molecular complexity index is 382. The first-order chi connectivity index (χ1) is 8.64. The summed E-state index contributed by atoms with van der Waals surface area (Å²) in [6.07, 6.45) is 5.64. The molecule has 5 heteroatoms. The highest BCUT2D eigenvalue weighted by Gasteiger charge is 2.33. The van der Waals surface area contributed by atoms with Gasteiger partial charge in [-0.2, -0.15) is 0 Å². The molecule has 3 saturated heterocycles. The zero-order valence-corrected chi connectivity index (χ0v) is 11.9. The molecule has 1 unspecified atom stereocenters. The molecule has 3 aliphatic heterocycles. The molecule has 0 amide bonds. The maximum absolute atomic E-state index is 11.5. The zero-order chi connectivity index (χ0) is 12.6. The smallest absolute Gasteiger partial charge is 0.150 e. The quantitative estimate of drug-likeness (QED) is 0.706. The van der Waals surface area contributed by atoms with E-state index in [1.54, 1.807) is 0 Å². The van der Waals surface area contributed by atoms with Gasteiger partial charge in [-0.15, -0.1) is 0 Å². The highest BCUT2D eigenvalue weighted by atomic mass is 32.2. The number of nitrogens with zero attached hydrogens (tertiary/aromatic N) is 2. The summed E-state index contributed by atoms with van der Waals surface area (Å²) in [5.41, 5.74) is 0. The minimum atomic E-state index is -2.72. The molecule has 0 bridgehead atoms. The van der Waals surface area contributed by atoms with Crippen LogP contribution in [0.25, 0.3) is 0 Å². The second-order valence-electron chi connectivity index (χ2n) is 6.06. The van der Waals surface area contributed by atoms with Crippen molar-refractivity contribution in [3.05, 3.63) is 0 Å². The van der Waals surface area contributed by atoms with E-state index in [2.05, 4.69) is 9.80 Å². The van der Waals surface area contributed by atoms with Crippen LogP contribution in [-0.2, 0) is 9.84 Å². The topological polar surface area (TPSA) is 40.6 Å². The second kappa shape index (κ2) is 5.10. The van der Waals surface area contributed by atoms with E-state index in [0.29, 0.717) is 17.5 Å². The fraction of sp³-hybridized carbons (Fsp3) is 1.00. The third-order valence-electron chi connectivity index (χ3n) is 4.88. The van der Waals surface area contributed by atoms with Gasteiger partial charge in [0, 0.05) is 18.6 Å². The minimum absolute atomic E-state index is 0.405. The monoisotopic (exact) mass is 272 g/mol. The van der Waals surface area contributed by atoms with Crippen molar-refractivity contribution in [2.45, 2.75) is 44.2 Å². The van der Waals surface area contributed by atoms with Crippen molar-refractivity contribution in [2.75, 3.05) is 37.7 Å². The van der Waals surface area contributed by atoms with Crippen LogP contribution in [0.3, 0.4) is 0 Å². The molecule has 3 aliphatic rings. The first kappa shape index (κ1) is 12.9. The highest BCUT2D eigenvalue weighted by molar-refractivity contribution is 7.91. The van der Waals surface area contributed by atoms with Crippen LogP contribution in [0.5, 0.6) is 0 Å². The van der Waals surface area contributed by atoms with Gasteiger partial charge in [-0.1, -0.05) is 0 Å². The highest BCUT2D eigenvalue weighted by Crippen LogP contribution is 2.25. The van der Waals surface area contributed by atoms with Gasteiger partial charge in [0.15, 0.2) is 0 Å². The van der Waals surface area contributed by atoms with Crippen LogP contribution in [0, 0.1) is 0 Å². The summed E-state index contributed by atoms with van der Waals surface area (Å²) >= 11 is 0. The number of hydrogen-bond acceptors (Lipinski definition) is 4. The average molecular weight is 272 g/mol. The van der Waals surface area contributed by atoms with E-state index in [0.717, 1.165) is 25.4 Å². The molecule has 4 nitrogen and oxygen atoms in total. The number of hydrogen-bond donors (Lipinski definition) is 0. The van der Waals surface area contributed by atoms with E-state index in [1.807, 2.05) is 0 Å². The summed E-state index contributed by atoms with van der Waals surface area (Å²) in [5.74, 6) is 0.811. The standard InChI is InChI=1S/C13H24N2O2S/c16-18(17)9-4-12(5-10-18)15-8-2-7-14-6-1-3-13(14)11-15/h12-13H,1-11H2. The second-order valence-corrected chi connectivity index (χ2v) is 8.37. The maximum atomic E-state index is 11.5. The fourth-order valence-electron chi connectivity index (χ4n) is 3.81. The van der Waals surface area contributed by atoms with Gasteiger partial charge >= 0.3 is 0 Å². The van der Waals surface area contributed by atoms with Crippen LogP contribution in [-0.4, -0.2) is 68.0 Å². The molecule has 3 rings (SSSR count). The van der Waals surface area contributed by atoms with Crippen molar-refractivity contribution in [2.24, 2.45) is 0 Å². The van der Waals surface area contributed by atoms with Gasteiger partial charge in [0.25, 0.3) is 0 Å². The molecule has 0 aliphatic carbocycles. The van der Waals surface area contributed by atoms with E-state index >= 15 is 0 Å². The van der Waals surface area contributed by atoms with E-state index in [4.69, 9.17) is 0 Å². The Kier molecular flexibility index (Phi) is 3.65. The largest absolute Gasteiger partial charge is 0.299 e. The van der Waals surface area contributed by atoms with Crippen molar-refractivity contribution in [1.82, 2.24) is 9.80 Å². The van der Waals surface area contributed by atoms with Gasteiger partial charge < -0.3 is 0 Å². The number of sulfone groups is 1. The van der Waals surface area contributed by atoms with Crippen LogP contribution in [0.15, 0.2) is 0 Å². The molecular formula is C13H24N2O2S. The Hall–Kier alpha value is -0.130. The van der Waals surface area contributed by atoms with Crippen molar-refractivity contribution >= 4 is 9.84 Å². The Labute approximate surface area is 110 Å². The van der Waals surface area contributed by atoms with Gasteiger partial charge in [0.2, 0.25) is 0 Å². The lowest BCUT2D eigenvalue weighted by atomic mass is 10.1. The summed E-state index contributed by atoms with van der Waals surface area (Å²) in [5, 5.41) is 0. The lowest BCUT2D eigenvalue weighted by Gasteiger charge is -2.35. The fourth-order valence-corrected chi connectivity index (χ4v) is 5.28. The SMILES string of the molecule is O=S1(=O)CCC(N2CCCN3CCCC3C2)CC1. The van der Waals surface area contributed by atoms with Crippen LogP contribution in [0.2, 0.25) is 0 Å². The Morgan fingerprint density at radius 2 is 1.44 bits per heavy atom. The van der Waals surface area contributed by atoms with Crippen molar-refractivity contribution < 1.29 is 8.42 Å². The normalized spacial score (nSPS) is 35.2. The van der Waals surface area contributed by atoms with E-state index in [1.165, 1.54) is 38.9 Å². The van der Waals surface area contributed by atoms with Gasteiger partial charge in [-0.3, -0.25) is 9.80 Å². The molecule has 0 radical (unpaired) electrons. The van der Waals surface area contributed by atoms with E-state index < -0.39 is 9.84 Å². The van der Waals surface area contributed by atoms with Crippen molar-refractivity contribution in [3.8, 4) is 0 Å². The van der Waals surface area contributed by atoms with Crippen molar-refractivity contribution in [1.29, 1.82) is 0 Å². The minimum Gasteiger partial charge on any atom is -0.299 e. The molecule has 3 heterocycles. The third kappa shape index (κ3) is 2.73. The van der Waals surface area contributed by atoms with E-state index in [9.17, 15) is 8.42 Å². The summed E-state index contributed by atoms with van der Waals surface area (Å²) in [7, 11) is -2.72. The predicted molar refractivity (Wildman–Crippen MR) is 72.5 cm³/mol. The molecule has 0 aromatic heterocycles. The van der Waals surface area contributed by atoms with Crippen LogP contribution in [0.1, 0.15) is 32.1 Å². The molecule has 1 atom stereocenters. The number of rotatable bonds is 1. The Balaban J connectivity index is 1.62. The summed E-state index contributed by atoms with van der Waals surface area (Å²) in [6, 6.07) is 1.26. The van der Waals surface area contributed by atoms with Gasteiger partial charge in [-0.25, -0.2) is 8.42 Å². The van der Waals surface area contributed by atoms with Crippen LogP contribution < -0.4 is 0 Å². The van der Waals surface area contributed by atoms with Crippen LogP contribution >= 0.6 is 0 Å². The molecule has 0 N–H and O–H groups in total. The Morgan fingerprint density at radius 1 is 0.778 bits per heavy atom. The lowest BCUT2D eigenvalue weighted by Crippen LogP contribution is -2.45. The molecule has 0 spiro atoms. The number of fused-ring (bicyclic) bond motifs is 1. The van der Waals surface area contributed by atoms with Gasteiger partial charge in [0.1, 0.15) is 9.84 Å². The van der Waals surface area contributed by atoms with Gasteiger partial charge in [0.05, 0.1) is 11.5 Å². The summed E-state index contributed by atoms with van der Waals surface area (Å²) < 4.78 is 23.0. The molecule has 0 saturated carbocycles. The van der Waals surface area contributed by atoms with Crippen molar-refractivity contribution in [3.63, 3.8) is 0 Å². The summed E-state index contributed by atoms with van der Waals surface area (Å²) in [6.45, 7) is 4.85.